The summed E-state index contributed by atoms with van der Waals surface area (Å²) in [6, 6.07) is 2.86. The minimum atomic E-state index is -3.86. The molecule has 2 rings (SSSR count). The highest BCUT2D eigenvalue weighted by molar-refractivity contribution is 7.89. The van der Waals surface area contributed by atoms with Gasteiger partial charge in [-0.3, -0.25) is 9.78 Å². The van der Waals surface area contributed by atoms with Crippen LogP contribution in [0.5, 0.6) is 0 Å². The number of esters is 1. The van der Waals surface area contributed by atoms with Gasteiger partial charge in [0.1, 0.15) is 4.90 Å². The SMILES string of the molecule is CCOC(=O)c1nnsc1NC(=O)CN(C)S(=O)(=O)c1cccnc1. The van der Waals surface area contributed by atoms with Crippen LogP contribution in [0.15, 0.2) is 29.4 Å². The molecule has 0 saturated carbocycles. The largest absolute Gasteiger partial charge is 0.461 e. The van der Waals surface area contributed by atoms with E-state index in [0.29, 0.717) is 0 Å². The summed E-state index contributed by atoms with van der Waals surface area (Å²) in [4.78, 5) is 27.5. The third-order valence-electron chi connectivity index (χ3n) is 2.92. The summed E-state index contributed by atoms with van der Waals surface area (Å²) in [7, 11) is -2.59. The molecule has 0 saturated heterocycles. The highest BCUT2D eigenvalue weighted by atomic mass is 32.2. The highest BCUT2D eigenvalue weighted by Crippen LogP contribution is 2.19. The predicted molar refractivity (Wildman–Crippen MR) is 88.5 cm³/mol. The van der Waals surface area contributed by atoms with Gasteiger partial charge < -0.3 is 10.1 Å². The molecule has 0 aliphatic rings. The smallest absolute Gasteiger partial charge is 0.362 e. The van der Waals surface area contributed by atoms with Crippen LogP contribution >= 0.6 is 11.5 Å². The molecule has 1 N–H and O–H groups in total. The average molecular weight is 385 g/mol. The molecule has 0 aromatic carbocycles. The zero-order valence-electron chi connectivity index (χ0n) is 13.4. The maximum atomic E-state index is 12.3. The molecule has 0 aliphatic heterocycles. The quantitative estimate of drug-likeness (QED) is 0.676. The van der Waals surface area contributed by atoms with Gasteiger partial charge in [0, 0.05) is 31.0 Å². The van der Waals surface area contributed by atoms with Gasteiger partial charge in [-0.15, -0.1) is 5.10 Å². The van der Waals surface area contributed by atoms with Gasteiger partial charge in [-0.1, -0.05) is 4.49 Å². The first-order valence-electron chi connectivity index (χ1n) is 7.02. The number of pyridine rings is 1. The van der Waals surface area contributed by atoms with Crippen molar-refractivity contribution in [1.29, 1.82) is 0 Å². The molecule has 0 unspecified atom stereocenters. The molecule has 1 amide bonds. The molecule has 2 aromatic heterocycles. The molecular formula is C13H15N5O5S2. The van der Waals surface area contributed by atoms with E-state index in [0.717, 1.165) is 15.8 Å². The first kappa shape index (κ1) is 18.9. The Hall–Kier alpha value is -2.44. The van der Waals surface area contributed by atoms with Gasteiger partial charge in [-0.25, -0.2) is 13.2 Å². The number of likely N-dealkylation sites (N-methyl/N-ethyl adjacent to an activating group) is 1. The number of hydrogen-bond acceptors (Lipinski definition) is 9. The van der Waals surface area contributed by atoms with Crippen LogP contribution in [0.25, 0.3) is 0 Å². The van der Waals surface area contributed by atoms with E-state index in [1.165, 1.54) is 31.6 Å². The topological polar surface area (TPSA) is 131 Å². The second kappa shape index (κ2) is 8.09. The molecule has 2 heterocycles. The number of carbonyl (C=O) groups excluding carboxylic acids is 2. The lowest BCUT2D eigenvalue weighted by atomic mass is 10.4. The first-order valence-corrected chi connectivity index (χ1v) is 9.23. The van der Waals surface area contributed by atoms with Crippen molar-refractivity contribution in [2.75, 3.05) is 25.5 Å². The summed E-state index contributed by atoms with van der Waals surface area (Å²) in [6.45, 7) is 1.32. The number of anilines is 1. The van der Waals surface area contributed by atoms with Crippen molar-refractivity contribution in [1.82, 2.24) is 18.9 Å². The Bertz CT molecular complexity index is 853. The molecule has 0 aliphatic carbocycles. The van der Waals surface area contributed by atoms with Crippen LogP contribution in [0.3, 0.4) is 0 Å². The number of sulfonamides is 1. The van der Waals surface area contributed by atoms with Crippen LogP contribution in [0.1, 0.15) is 17.4 Å². The van der Waals surface area contributed by atoms with Crippen molar-refractivity contribution in [3.63, 3.8) is 0 Å². The first-order chi connectivity index (χ1) is 11.9. The van der Waals surface area contributed by atoms with Crippen LogP contribution in [0.2, 0.25) is 0 Å². The zero-order valence-corrected chi connectivity index (χ0v) is 15.0. The highest BCUT2D eigenvalue weighted by Gasteiger charge is 2.25. The second-order valence-corrected chi connectivity index (χ2v) is 7.47. The third-order valence-corrected chi connectivity index (χ3v) is 5.35. The fraction of sp³-hybridized carbons (Fsp3) is 0.308. The van der Waals surface area contributed by atoms with Gasteiger partial charge in [0.15, 0.2) is 5.00 Å². The van der Waals surface area contributed by atoms with Gasteiger partial charge in [-0.2, -0.15) is 4.31 Å². The van der Waals surface area contributed by atoms with Gasteiger partial charge in [-0.05, 0) is 19.1 Å². The summed E-state index contributed by atoms with van der Waals surface area (Å²) in [6.07, 6.45) is 2.63. The minimum Gasteiger partial charge on any atom is -0.461 e. The Balaban J connectivity index is 2.06. The number of ether oxygens (including phenoxy) is 1. The summed E-state index contributed by atoms with van der Waals surface area (Å²) in [5.41, 5.74) is -0.127. The lowest BCUT2D eigenvalue weighted by Gasteiger charge is -2.16. The fourth-order valence-electron chi connectivity index (χ4n) is 1.74. The predicted octanol–water partition coefficient (Wildman–Crippen LogP) is 0.369. The van der Waals surface area contributed by atoms with Crippen molar-refractivity contribution in [3.8, 4) is 0 Å². The van der Waals surface area contributed by atoms with Crippen LogP contribution in [-0.2, 0) is 19.6 Å². The lowest BCUT2D eigenvalue weighted by molar-refractivity contribution is -0.116. The van der Waals surface area contributed by atoms with E-state index in [1.54, 1.807) is 6.92 Å². The summed E-state index contributed by atoms with van der Waals surface area (Å²) >= 11 is 0.791. The van der Waals surface area contributed by atoms with E-state index in [-0.39, 0.29) is 22.2 Å². The Morgan fingerprint density at radius 1 is 1.40 bits per heavy atom. The molecule has 0 spiro atoms. The molecule has 25 heavy (non-hydrogen) atoms. The van der Waals surface area contributed by atoms with Gasteiger partial charge in [0.2, 0.25) is 21.6 Å². The Labute approximate surface area is 148 Å². The second-order valence-electron chi connectivity index (χ2n) is 4.67. The molecule has 10 nitrogen and oxygen atoms in total. The van der Waals surface area contributed by atoms with Crippen LogP contribution in [0, 0.1) is 0 Å². The van der Waals surface area contributed by atoms with Crippen molar-refractivity contribution in [2.24, 2.45) is 0 Å². The van der Waals surface area contributed by atoms with Crippen LogP contribution < -0.4 is 5.32 Å². The molecular weight excluding hydrogens is 370 g/mol. The Kier molecular flexibility index (Phi) is 6.12. The van der Waals surface area contributed by atoms with E-state index >= 15 is 0 Å². The van der Waals surface area contributed by atoms with E-state index in [4.69, 9.17) is 4.74 Å². The maximum Gasteiger partial charge on any atom is 0.362 e. The minimum absolute atomic E-state index is 0.0306. The normalized spacial score (nSPS) is 11.3. The lowest BCUT2D eigenvalue weighted by Crippen LogP contribution is -2.35. The van der Waals surface area contributed by atoms with Crippen molar-refractivity contribution >= 4 is 38.4 Å². The third kappa shape index (κ3) is 4.55. The van der Waals surface area contributed by atoms with E-state index in [9.17, 15) is 18.0 Å². The van der Waals surface area contributed by atoms with E-state index < -0.39 is 28.4 Å². The van der Waals surface area contributed by atoms with Crippen LogP contribution in [0.4, 0.5) is 5.00 Å². The maximum absolute atomic E-state index is 12.3. The van der Waals surface area contributed by atoms with E-state index in [2.05, 4.69) is 19.9 Å². The van der Waals surface area contributed by atoms with Crippen molar-refractivity contribution < 1.29 is 22.7 Å². The number of aromatic nitrogens is 3. The van der Waals surface area contributed by atoms with Gasteiger partial charge >= 0.3 is 5.97 Å². The molecule has 2 aromatic rings. The number of nitrogens with one attached hydrogen (secondary N) is 1. The number of nitrogens with zero attached hydrogens (tertiary/aromatic N) is 4. The summed E-state index contributed by atoms with van der Waals surface area (Å²) < 4.78 is 33.9. The van der Waals surface area contributed by atoms with Crippen molar-refractivity contribution in [2.45, 2.75) is 11.8 Å². The molecule has 0 bridgehead atoms. The summed E-state index contributed by atoms with van der Waals surface area (Å²) in [5.74, 6) is -1.37. The molecule has 0 atom stereocenters. The summed E-state index contributed by atoms with van der Waals surface area (Å²) in [5, 5.41) is 6.11. The molecule has 12 heteroatoms. The van der Waals surface area contributed by atoms with Gasteiger partial charge in [0.25, 0.3) is 0 Å². The van der Waals surface area contributed by atoms with Crippen LogP contribution in [-0.4, -0.2) is 59.4 Å². The number of rotatable bonds is 7. The van der Waals surface area contributed by atoms with E-state index in [1.807, 2.05) is 0 Å². The standard InChI is InChI=1S/C13H15N5O5S2/c1-3-23-13(20)11-12(24-17-16-11)15-10(19)8-18(2)25(21,22)9-5-4-6-14-7-9/h4-7H,3,8H2,1-2H3,(H,15,19). The zero-order chi connectivity index (χ0) is 18.4. The Morgan fingerprint density at radius 2 is 2.16 bits per heavy atom. The fourth-order valence-corrected chi connectivity index (χ4v) is 3.40. The average Bonchev–Trinajstić information content (AvgIpc) is 3.03. The Morgan fingerprint density at radius 3 is 2.80 bits per heavy atom. The number of carbonyl (C=O) groups is 2. The number of hydrogen-bond donors (Lipinski definition) is 1. The van der Waals surface area contributed by atoms with Gasteiger partial charge in [0.05, 0.1) is 13.2 Å². The molecule has 0 radical (unpaired) electrons. The monoisotopic (exact) mass is 385 g/mol. The number of amides is 1. The molecule has 134 valence electrons. The van der Waals surface area contributed by atoms with Crippen molar-refractivity contribution in [3.05, 3.63) is 30.2 Å². The molecule has 0 fully saturated rings.